The zero-order valence-corrected chi connectivity index (χ0v) is 12.3. The molecule has 108 valence electrons. The van der Waals surface area contributed by atoms with Gasteiger partial charge in [0.25, 0.3) is 5.91 Å². The summed E-state index contributed by atoms with van der Waals surface area (Å²) in [7, 11) is 0. The summed E-state index contributed by atoms with van der Waals surface area (Å²) in [5.41, 5.74) is 0.257. The molecule has 4 nitrogen and oxygen atoms in total. The number of halogens is 2. The molecular formula is C14H15Cl2NO3. The van der Waals surface area contributed by atoms with E-state index < -0.39 is 12.0 Å². The van der Waals surface area contributed by atoms with Gasteiger partial charge in [0.15, 0.2) is 0 Å². The quantitative estimate of drug-likeness (QED) is 0.909. The predicted octanol–water partition coefficient (Wildman–Crippen LogP) is 3.46. The minimum Gasteiger partial charge on any atom is -0.480 e. The molecule has 6 heteroatoms. The normalized spacial score (nSPS) is 19.5. The van der Waals surface area contributed by atoms with E-state index >= 15 is 0 Å². The highest BCUT2D eigenvalue weighted by Gasteiger charge is 2.32. The number of rotatable bonds is 2. The van der Waals surface area contributed by atoms with Crippen LogP contribution in [0.15, 0.2) is 18.2 Å². The maximum Gasteiger partial charge on any atom is 0.326 e. The minimum absolute atomic E-state index is 0.257. The standard InChI is InChI=1S/C14H15Cl2NO3/c15-9-5-6-11(16)10(8-9)13(18)17-7-3-1-2-4-12(17)14(19)20/h5-6,8,12H,1-4,7H2,(H,19,20). The molecule has 20 heavy (non-hydrogen) atoms. The van der Waals surface area contributed by atoms with Gasteiger partial charge in [-0.15, -0.1) is 0 Å². The summed E-state index contributed by atoms with van der Waals surface area (Å²) in [6.45, 7) is 0.429. The van der Waals surface area contributed by atoms with Crippen molar-refractivity contribution in [3.63, 3.8) is 0 Å². The number of carbonyl (C=O) groups is 2. The van der Waals surface area contributed by atoms with Gasteiger partial charge in [-0.25, -0.2) is 4.79 Å². The van der Waals surface area contributed by atoms with Crippen LogP contribution in [0.3, 0.4) is 0 Å². The van der Waals surface area contributed by atoms with Crippen molar-refractivity contribution in [1.29, 1.82) is 0 Å². The number of benzene rings is 1. The Morgan fingerprint density at radius 1 is 1.20 bits per heavy atom. The summed E-state index contributed by atoms with van der Waals surface area (Å²) in [6, 6.07) is 3.83. The molecule has 0 spiro atoms. The number of likely N-dealkylation sites (tertiary alicyclic amines) is 1. The smallest absolute Gasteiger partial charge is 0.326 e. The van der Waals surface area contributed by atoms with Gasteiger partial charge in [-0.2, -0.15) is 0 Å². The summed E-state index contributed by atoms with van der Waals surface area (Å²) in [4.78, 5) is 25.3. The molecule has 1 N–H and O–H groups in total. The number of carboxylic acid groups (broad SMARTS) is 1. The van der Waals surface area contributed by atoms with Crippen LogP contribution in [-0.2, 0) is 4.79 Å². The van der Waals surface area contributed by atoms with Gasteiger partial charge in [0, 0.05) is 11.6 Å². The van der Waals surface area contributed by atoms with E-state index in [-0.39, 0.29) is 16.5 Å². The first-order valence-corrected chi connectivity index (χ1v) is 7.25. The Morgan fingerprint density at radius 3 is 2.65 bits per heavy atom. The average molecular weight is 316 g/mol. The van der Waals surface area contributed by atoms with Gasteiger partial charge >= 0.3 is 5.97 Å². The molecular weight excluding hydrogens is 301 g/mol. The summed E-state index contributed by atoms with van der Waals surface area (Å²) in [6.07, 6.45) is 3.01. The van der Waals surface area contributed by atoms with Gasteiger partial charge in [0.2, 0.25) is 0 Å². The molecule has 1 saturated heterocycles. The lowest BCUT2D eigenvalue weighted by molar-refractivity contribution is -0.142. The van der Waals surface area contributed by atoms with Crippen LogP contribution >= 0.6 is 23.2 Å². The summed E-state index contributed by atoms with van der Waals surface area (Å²) >= 11 is 11.9. The molecule has 0 bridgehead atoms. The molecule has 1 aromatic rings. The van der Waals surface area contributed by atoms with Crippen LogP contribution in [0.2, 0.25) is 10.0 Å². The van der Waals surface area contributed by atoms with E-state index in [1.54, 1.807) is 12.1 Å². The lowest BCUT2D eigenvalue weighted by atomic mass is 10.1. The molecule has 0 radical (unpaired) electrons. The van der Waals surface area contributed by atoms with Crippen LogP contribution < -0.4 is 0 Å². The van der Waals surface area contributed by atoms with Gasteiger partial charge in [-0.1, -0.05) is 36.0 Å². The fraction of sp³-hybridized carbons (Fsp3) is 0.429. The number of amides is 1. The van der Waals surface area contributed by atoms with Crippen molar-refractivity contribution in [2.24, 2.45) is 0 Å². The van der Waals surface area contributed by atoms with Gasteiger partial charge in [0.05, 0.1) is 10.6 Å². The Labute approximate surface area is 127 Å². The van der Waals surface area contributed by atoms with Crippen LogP contribution in [0.4, 0.5) is 0 Å². The van der Waals surface area contributed by atoms with Crippen molar-refractivity contribution in [2.45, 2.75) is 31.7 Å². The van der Waals surface area contributed by atoms with Gasteiger partial charge < -0.3 is 10.0 Å². The summed E-state index contributed by atoms with van der Waals surface area (Å²) < 4.78 is 0. The van der Waals surface area contributed by atoms with Crippen molar-refractivity contribution < 1.29 is 14.7 Å². The highest BCUT2D eigenvalue weighted by Crippen LogP contribution is 2.25. The van der Waals surface area contributed by atoms with Crippen molar-refractivity contribution in [2.75, 3.05) is 6.54 Å². The van der Waals surface area contributed by atoms with E-state index in [1.165, 1.54) is 11.0 Å². The lowest BCUT2D eigenvalue weighted by Crippen LogP contribution is -2.44. The fourth-order valence-corrected chi connectivity index (χ4v) is 2.79. The molecule has 0 aliphatic carbocycles. The molecule has 1 aromatic carbocycles. The van der Waals surface area contributed by atoms with E-state index in [9.17, 15) is 14.7 Å². The molecule has 2 rings (SSSR count). The summed E-state index contributed by atoms with van der Waals surface area (Å²) in [5.74, 6) is -1.34. The molecule has 0 aromatic heterocycles. The third kappa shape index (κ3) is 3.25. The van der Waals surface area contributed by atoms with Crippen molar-refractivity contribution in [1.82, 2.24) is 4.90 Å². The number of carboxylic acids is 1. The zero-order chi connectivity index (χ0) is 14.7. The predicted molar refractivity (Wildman–Crippen MR) is 77.4 cm³/mol. The average Bonchev–Trinajstić information content (AvgIpc) is 2.66. The number of nitrogens with zero attached hydrogens (tertiary/aromatic N) is 1. The van der Waals surface area contributed by atoms with Crippen molar-refractivity contribution in [3.05, 3.63) is 33.8 Å². The first kappa shape index (κ1) is 15.1. The Hall–Kier alpha value is -1.26. The maximum absolute atomic E-state index is 12.6. The Balaban J connectivity index is 2.33. The van der Waals surface area contributed by atoms with E-state index in [4.69, 9.17) is 23.2 Å². The van der Waals surface area contributed by atoms with E-state index in [0.29, 0.717) is 18.0 Å². The zero-order valence-electron chi connectivity index (χ0n) is 10.8. The maximum atomic E-state index is 12.6. The SMILES string of the molecule is O=C(O)C1CCCCCN1C(=O)c1cc(Cl)ccc1Cl. The monoisotopic (exact) mass is 315 g/mol. The third-order valence-corrected chi connectivity index (χ3v) is 4.02. The second-order valence-electron chi connectivity index (χ2n) is 4.83. The molecule has 1 amide bonds. The van der Waals surface area contributed by atoms with Crippen molar-refractivity contribution >= 4 is 35.1 Å². The van der Waals surface area contributed by atoms with Crippen LogP contribution in [0.1, 0.15) is 36.0 Å². The molecule has 0 saturated carbocycles. The molecule has 1 aliphatic rings. The first-order chi connectivity index (χ1) is 9.50. The van der Waals surface area contributed by atoms with Crippen molar-refractivity contribution in [3.8, 4) is 0 Å². The van der Waals surface area contributed by atoms with E-state index in [2.05, 4.69) is 0 Å². The van der Waals surface area contributed by atoms with Gasteiger partial charge in [-0.05, 0) is 31.0 Å². The number of hydrogen-bond donors (Lipinski definition) is 1. The molecule has 1 atom stereocenters. The van der Waals surface area contributed by atoms with E-state index in [0.717, 1.165) is 19.3 Å². The number of hydrogen-bond acceptors (Lipinski definition) is 2. The molecule has 1 aliphatic heterocycles. The second-order valence-corrected chi connectivity index (χ2v) is 5.67. The Bertz CT molecular complexity index is 533. The van der Waals surface area contributed by atoms with Crippen LogP contribution in [0.5, 0.6) is 0 Å². The molecule has 1 fully saturated rings. The van der Waals surface area contributed by atoms with Gasteiger partial charge in [0.1, 0.15) is 6.04 Å². The highest BCUT2D eigenvalue weighted by atomic mass is 35.5. The first-order valence-electron chi connectivity index (χ1n) is 6.49. The molecule has 1 heterocycles. The van der Waals surface area contributed by atoms with Gasteiger partial charge in [-0.3, -0.25) is 4.79 Å². The minimum atomic E-state index is -0.974. The Morgan fingerprint density at radius 2 is 1.95 bits per heavy atom. The number of carbonyl (C=O) groups excluding carboxylic acids is 1. The highest BCUT2D eigenvalue weighted by molar-refractivity contribution is 6.35. The lowest BCUT2D eigenvalue weighted by Gasteiger charge is -2.27. The third-order valence-electron chi connectivity index (χ3n) is 3.46. The molecule has 1 unspecified atom stereocenters. The van der Waals surface area contributed by atoms with E-state index in [1.807, 2.05) is 0 Å². The Kier molecular flexibility index (Phi) is 4.89. The second kappa shape index (κ2) is 6.46. The number of aliphatic carboxylic acids is 1. The van der Waals surface area contributed by atoms with Crippen LogP contribution in [-0.4, -0.2) is 34.5 Å². The largest absolute Gasteiger partial charge is 0.480 e. The topological polar surface area (TPSA) is 57.6 Å². The van der Waals surface area contributed by atoms with Crippen LogP contribution in [0, 0.1) is 0 Å². The fourth-order valence-electron chi connectivity index (χ4n) is 2.42. The van der Waals surface area contributed by atoms with Crippen LogP contribution in [0.25, 0.3) is 0 Å². The summed E-state index contributed by atoms with van der Waals surface area (Å²) in [5, 5.41) is 9.99.